The molecule has 0 saturated carbocycles. The minimum Gasteiger partial charge on any atom is -0.343 e. The third kappa shape index (κ3) is 3.69. The summed E-state index contributed by atoms with van der Waals surface area (Å²) in [4.78, 5) is 13.8. The molecular formula is C12H21NO3S. The number of amides is 1. The van der Waals surface area contributed by atoms with E-state index in [-0.39, 0.29) is 11.8 Å². The third-order valence-electron chi connectivity index (χ3n) is 3.80. The zero-order valence-electron chi connectivity index (χ0n) is 10.2. The second kappa shape index (κ2) is 5.38. The first-order chi connectivity index (χ1) is 8.07. The monoisotopic (exact) mass is 259 g/mol. The molecule has 0 aromatic heterocycles. The smallest absolute Gasteiger partial charge is 0.222 e. The minimum absolute atomic E-state index is 0.216. The average Bonchev–Trinajstić information content (AvgIpc) is 2.67. The van der Waals surface area contributed by atoms with Gasteiger partial charge in [-0.1, -0.05) is 0 Å². The van der Waals surface area contributed by atoms with E-state index in [9.17, 15) is 13.2 Å². The standard InChI is InChI=1S/C12H21NO3S/c14-12(13-7-2-1-3-8-13)5-4-11-6-9-17(15,16)10-11/h11H,1-10H2/t11-/m1/s1. The molecule has 5 heteroatoms. The number of rotatable bonds is 3. The molecule has 2 aliphatic heterocycles. The summed E-state index contributed by atoms with van der Waals surface area (Å²) >= 11 is 0. The van der Waals surface area contributed by atoms with E-state index < -0.39 is 9.84 Å². The van der Waals surface area contributed by atoms with E-state index in [0.29, 0.717) is 17.9 Å². The summed E-state index contributed by atoms with van der Waals surface area (Å²) in [5, 5.41) is 0. The van der Waals surface area contributed by atoms with Gasteiger partial charge in [-0.3, -0.25) is 4.79 Å². The fourth-order valence-corrected chi connectivity index (χ4v) is 4.64. The highest BCUT2D eigenvalue weighted by Crippen LogP contribution is 2.23. The lowest BCUT2D eigenvalue weighted by molar-refractivity contribution is -0.132. The van der Waals surface area contributed by atoms with Crippen LogP contribution in [0.4, 0.5) is 0 Å². The summed E-state index contributed by atoms with van der Waals surface area (Å²) in [7, 11) is -2.79. The van der Waals surface area contributed by atoms with Gasteiger partial charge in [0.2, 0.25) is 5.91 Å². The van der Waals surface area contributed by atoms with Crippen LogP contribution in [0.1, 0.15) is 38.5 Å². The van der Waals surface area contributed by atoms with Crippen LogP contribution in [-0.4, -0.2) is 43.8 Å². The Morgan fingerprint density at radius 2 is 1.88 bits per heavy atom. The fraction of sp³-hybridized carbons (Fsp3) is 0.917. The lowest BCUT2D eigenvalue weighted by Crippen LogP contribution is -2.35. The number of carbonyl (C=O) groups is 1. The summed E-state index contributed by atoms with van der Waals surface area (Å²) in [6.07, 6.45) is 5.47. The van der Waals surface area contributed by atoms with Gasteiger partial charge in [0.1, 0.15) is 0 Å². The van der Waals surface area contributed by atoms with E-state index in [0.717, 1.165) is 38.8 Å². The van der Waals surface area contributed by atoms with Crippen LogP contribution in [0.15, 0.2) is 0 Å². The Morgan fingerprint density at radius 3 is 2.47 bits per heavy atom. The summed E-state index contributed by atoms with van der Waals surface area (Å²) in [5.74, 6) is 1.04. The maximum Gasteiger partial charge on any atom is 0.222 e. The van der Waals surface area contributed by atoms with Gasteiger partial charge < -0.3 is 4.90 Å². The van der Waals surface area contributed by atoms with Gasteiger partial charge in [-0.15, -0.1) is 0 Å². The molecule has 0 bridgehead atoms. The first-order valence-electron chi connectivity index (χ1n) is 6.55. The van der Waals surface area contributed by atoms with Gasteiger partial charge in [-0.2, -0.15) is 0 Å². The normalized spacial score (nSPS) is 28.2. The number of nitrogens with zero attached hydrogens (tertiary/aromatic N) is 1. The van der Waals surface area contributed by atoms with Crippen molar-refractivity contribution in [3.05, 3.63) is 0 Å². The van der Waals surface area contributed by atoms with Gasteiger partial charge >= 0.3 is 0 Å². The van der Waals surface area contributed by atoms with Crippen LogP contribution in [-0.2, 0) is 14.6 Å². The topological polar surface area (TPSA) is 54.5 Å². The van der Waals surface area contributed by atoms with E-state index in [1.54, 1.807) is 0 Å². The van der Waals surface area contributed by atoms with Crippen molar-refractivity contribution < 1.29 is 13.2 Å². The number of sulfone groups is 1. The van der Waals surface area contributed by atoms with Gasteiger partial charge in [0.15, 0.2) is 9.84 Å². The Hall–Kier alpha value is -0.580. The Labute approximate surface area is 103 Å². The van der Waals surface area contributed by atoms with Crippen molar-refractivity contribution in [1.29, 1.82) is 0 Å². The van der Waals surface area contributed by atoms with Gasteiger partial charge in [0.05, 0.1) is 11.5 Å². The van der Waals surface area contributed by atoms with Gasteiger partial charge in [0.25, 0.3) is 0 Å². The lowest BCUT2D eigenvalue weighted by atomic mass is 10.0. The summed E-state index contributed by atoms with van der Waals surface area (Å²) in [6.45, 7) is 1.78. The van der Waals surface area contributed by atoms with E-state index >= 15 is 0 Å². The van der Waals surface area contributed by atoms with E-state index in [1.165, 1.54) is 6.42 Å². The number of hydrogen-bond acceptors (Lipinski definition) is 3. The molecule has 0 aromatic rings. The average molecular weight is 259 g/mol. The Balaban J connectivity index is 1.73. The maximum atomic E-state index is 11.9. The molecule has 98 valence electrons. The summed E-state index contributed by atoms with van der Waals surface area (Å²) < 4.78 is 22.6. The van der Waals surface area contributed by atoms with Crippen molar-refractivity contribution in [1.82, 2.24) is 4.90 Å². The van der Waals surface area contributed by atoms with Crippen LogP contribution in [0.5, 0.6) is 0 Å². The molecule has 0 unspecified atom stereocenters. The fourth-order valence-electron chi connectivity index (χ4n) is 2.73. The number of piperidine rings is 1. The Morgan fingerprint density at radius 1 is 1.18 bits per heavy atom. The van der Waals surface area contributed by atoms with Crippen molar-refractivity contribution in [3.63, 3.8) is 0 Å². The Kier molecular flexibility index (Phi) is 4.07. The molecule has 0 radical (unpaired) electrons. The second-order valence-electron chi connectivity index (χ2n) is 5.25. The first kappa shape index (κ1) is 12.9. The van der Waals surface area contributed by atoms with Crippen LogP contribution in [0.25, 0.3) is 0 Å². The maximum absolute atomic E-state index is 11.9. The van der Waals surface area contributed by atoms with Crippen molar-refractivity contribution in [3.8, 4) is 0 Å². The SMILES string of the molecule is O=C(CC[C@@H]1CCS(=O)(=O)C1)N1CCCCC1. The highest BCUT2D eigenvalue weighted by atomic mass is 32.2. The van der Waals surface area contributed by atoms with Gasteiger partial charge in [-0.25, -0.2) is 8.42 Å². The molecule has 2 aliphatic rings. The molecule has 0 aliphatic carbocycles. The highest BCUT2D eigenvalue weighted by molar-refractivity contribution is 7.91. The number of carbonyl (C=O) groups excluding carboxylic acids is 1. The van der Waals surface area contributed by atoms with E-state index in [2.05, 4.69) is 0 Å². The molecule has 1 amide bonds. The summed E-state index contributed by atoms with van der Waals surface area (Å²) in [5.41, 5.74) is 0. The van der Waals surface area contributed by atoms with Crippen LogP contribution < -0.4 is 0 Å². The second-order valence-corrected chi connectivity index (χ2v) is 7.48. The molecule has 1 atom stereocenters. The van der Waals surface area contributed by atoms with Crippen molar-refractivity contribution in [2.75, 3.05) is 24.6 Å². The molecular weight excluding hydrogens is 238 g/mol. The highest BCUT2D eigenvalue weighted by Gasteiger charge is 2.28. The largest absolute Gasteiger partial charge is 0.343 e. The van der Waals surface area contributed by atoms with Crippen molar-refractivity contribution >= 4 is 15.7 Å². The zero-order chi connectivity index (χ0) is 12.3. The molecule has 0 N–H and O–H groups in total. The quantitative estimate of drug-likeness (QED) is 0.765. The molecule has 2 heterocycles. The number of likely N-dealkylation sites (tertiary alicyclic amines) is 1. The van der Waals surface area contributed by atoms with Crippen LogP contribution in [0, 0.1) is 5.92 Å². The van der Waals surface area contributed by atoms with Crippen LogP contribution >= 0.6 is 0 Å². The molecule has 4 nitrogen and oxygen atoms in total. The molecule has 0 aromatic carbocycles. The molecule has 0 spiro atoms. The first-order valence-corrected chi connectivity index (χ1v) is 8.37. The molecule has 2 fully saturated rings. The lowest BCUT2D eigenvalue weighted by Gasteiger charge is -2.27. The van der Waals surface area contributed by atoms with Gasteiger partial charge in [-0.05, 0) is 38.0 Å². The van der Waals surface area contributed by atoms with Crippen molar-refractivity contribution in [2.45, 2.75) is 38.5 Å². The van der Waals surface area contributed by atoms with Crippen LogP contribution in [0.3, 0.4) is 0 Å². The molecule has 17 heavy (non-hydrogen) atoms. The van der Waals surface area contributed by atoms with E-state index in [4.69, 9.17) is 0 Å². The van der Waals surface area contributed by atoms with Gasteiger partial charge in [0, 0.05) is 19.5 Å². The van der Waals surface area contributed by atoms with E-state index in [1.807, 2.05) is 4.90 Å². The van der Waals surface area contributed by atoms with Crippen molar-refractivity contribution in [2.24, 2.45) is 5.92 Å². The summed E-state index contributed by atoms with van der Waals surface area (Å²) in [6, 6.07) is 0. The molecule has 2 rings (SSSR count). The van der Waals surface area contributed by atoms with Crippen LogP contribution in [0.2, 0.25) is 0 Å². The predicted octanol–water partition coefficient (Wildman–Crippen LogP) is 1.21. The Bertz CT molecular complexity index is 371. The number of hydrogen-bond donors (Lipinski definition) is 0. The third-order valence-corrected chi connectivity index (χ3v) is 5.64. The minimum atomic E-state index is -2.79. The zero-order valence-corrected chi connectivity index (χ0v) is 11.0. The molecule has 2 saturated heterocycles. The predicted molar refractivity (Wildman–Crippen MR) is 66.4 cm³/mol.